The maximum Gasteiger partial charge on any atom is 0.0144 e. The molecule has 0 saturated carbocycles. The average Bonchev–Trinajstić information content (AvgIpc) is 2.12. The van der Waals surface area contributed by atoms with Crippen molar-refractivity contribution in [2.24, 2.45) is 5.92 Å². The minimum absolute atomic E-state index is 0.792. The second-order valence-electron chi connectivity index (χ2n) is 5.03. The van der Waals surface area contributed by atoms with E-state index in [4.69, 9.17) is 0 Å². The normalized spacial score (nSPS) is 45.2. The lowest BCUT2D eigenvalue weighted by atomic mass is 9.77. The van der Waals surface area contributed by atoms with Gasteiger partial charge in [-0.2, -0.15) is 0 Å². The van der Waals surface area contributed by atoms with Crippen molar-refractivity contribution < 1.29 is 0 Å². The van der Waals surface area contributed by atoms with Crippen molar-refractivity contribution in [3.63, 3.8) is 0 Å². The molecule has 0 radical (unpaired) electrons. The van der Waals surface area contributed by atoms with E-state index in [0.29, 0.717) is 0 Å². The van der Waals surface area contributed by atoms with E-state index in [-0.39, 0.29) is 0 Å². The number of rotatable bonds is 1. The first kappa shape index (κ1) is 9.47. The molecule has 0 aromatic heterocycles. The first-order valence-electron chi connectivity index (χ1n) is 5.61. The molecule has 2 bridgehead atoms. The summed E-state index contributed by atoms with van der Waals surface area (Å²) in [5.74, 6) is 0.826. The maximum absolute atomic E-state index is 3.76. The number of piperidine rings is 2. The topological polar surface area (TPSA) is 15.3 Å². The molecule has 0 spiro atoms. The van der Waals surface area contributed by atoms with Crippen LogP contribution in [0.5, 0.6) is 0 Å². The quantitative estimate of drug-likeness (QED) is 0.660. The molecule has 0 aromatic carbocycles. The van der Waals surface area contributed by atoms with Crippen molar-refractivity contribution in [2.75, 3.05) is 14.1 Å². The Morgan fingerprint density at radius 1 is 1.23 bits per heavy atom. The zero-order chi connectivity index (χ0) is 9.42. The highest BCUT2D eigenvalue weighted by atomic mass is 15.1. The molecule has 2 heterocycles. The van der Waals surface area contributed by atoms with Crippen molar-refractivity contribution in [1.29, 1.82) is 0 Å². The number of fused-ring (bicyclic) bond motifs is 2. The summed E-state index contributed by atoms with van der Waals surface area (Å²) in [6.45, 7) is 2.41. The standard InChI is InChI=1S/C11H22N2/c1-8-10-6-4-5-9(12-10)7-11(8)13(2)3/h8-12H,4-7H2,1-3H3. The molecule has 2 aliphatic heterocycles. The van der Waals surface area contributed by atoms with Crippen LogP contribution in [0.2, 0.25) is 0 Å². The summed E-state index contributed by atoms with van der Waals surface area (Å²) in [6, 6.07) is 2.40. The van der Waals surface area contributed by atoms with Crippen molar-refractivity contribution in [1.82, 2.24) is 10.2 Å². The van der Waals surface area contributed by atoms with Crippen LogP contribution >= 0.6 is 0 Å². The smallest absolute Gasteiger partial charge is 0.0144 e. The molecule has 76 valence electrons. The highest BCUT2D eigenvalue weighted by Gasteiger charge is 2.37. The van der Waals surface area contributed by atoms with Crippen molar-refractivity contribution in [2.45, 2.75) is 50.7 Å². The molecule has 0 aromatic rings. The van der Waals surface area contributed by atoms with Crippen LogP contribution in [0, 0.1) is 5.92 Å². The number of nitrogens with zero attached hydrogens (tertiary/aromatic N) is 1. The van der Waals surface area contributed by atoms with Gasteiger partial charge in [0.25, 0.3) is 0 Å². The fraction of sp³-hybridized carbons (Fsp3) is 1.00. The second kappa shape index (κ2) is 3.58. The molecule has 2 saturated heterocycles. The SMILES string of the molecule is CC1C2CCCC(CC1N(C)C)N2. The lowest BCUT2D eigenvalue weighted by molar-refractivity contribution is 0.0835. The molecule has 0 aliphatic carbocycles. The number of hydrogen-bond acceptors (Lipinski definition) is 2. The molecule has 2 heteroatoms. The van der Waals surface area contributed by atoms with Gasteiger partial charge in [0.1, 0.15) is 0 Å². The molecular formula is C11H22N2. The van der Waals surface area contributed by atoms with Gasteiger partial charge in [-0.3, -0.25) is 0 Å². The first-order valence-corrected chi connectivity index (χ1v) is 5.61. The van der Waals surface area contributed by atoms with E-state index in [0.717, 1.165) is 24.0 Å². The minimum Gasteiger partial charge on any atom is -0.311 e. The van der Waals surface area contributed by atoms with Crippen LogP contribution in [0.15, 0.2) is 0 Å². The van der Waals surface area contributed by atoms with E-state index in [1.807, 2.05) is 0 Å². The first-order chi connectivity index (χ1) is 6.18. The van der Waals surface area contributed by atoms with E-state index in [1.54, 1.807) is 0 Å². The van der Waals surface area contributed by atoms with E-state index in [9.17, 15) is 0 Å². The van der Waals surface area contributed by atoms with Gasteiger partial charge in [-0.05, 0) is 39.3 Å². The maximum atomic E-state index is 3.76. The minimum atomic E-state index is 0.792. The molecule has 1 N–H and O–H groups in total. The van der Waals surface area contributed by atoms with Crippen LogP contribution in [0.1, 0.15) is 32.6 Å². The Morgan fingerprint density at radius 2 is 2.00 bits per heavy atom. The van der Waals surface area contributed by atoms with E-state index < -0.39 is 0 Å². The van der Waals surface area contributed by atoms with Gasteiger partial charge >= 0.3 is 0 Å². The van der Waals surface area contributed by atoms with Gasteiger partial charge in [0.15, 0.2) is 0 Å². The van der Waals surface area contributed by atoms with Crippen LogP contribution in [0.3, 0.4) is 0 Å². The Labute approximate surface area is 81.7 Å². The summed E-state index contributed by atoms with van der Waals surface area (Å²) in [5, 5.41) is 3.76. The summed E-state index contributed by atoms with van der Waals surface area (Å²) in [4.78, 5) is 2.41. The molecule has 2 nitrogen and oxygen atoms in total. The largest absolute Gasteiger partial charge is 0.311 e. The Hall–Kier alpha value is -0.0800. The zero-order valence-electron chi connectivity index (χ0n) is 9.09. The molecule has 4 unspecified atom stereocenters. The highest BCUT2D eigenvalue weighted by molar-refractivity contribution is 4.96. The molecule has 4 atom stereocenters. The average molecular weight is 182 g/mol. The molecule has 0 amide bonds. The summed E-state index contributed by atoms with van der Waals surface area (Å²) in [7, 11) is 4.45. The Morgan fingerprint density at radius 3 is 2.69 bits per heavy atom. The van der Waals surface area contributed by atoms with Gasteiger partial charge in [0, 0.05) is 18.1 Å². The Bertz CT molecular complexity index is 179. The summed E-state index contributed by atoms with van der Waals surface area (Å²) >= 11 is 0. The third-order valence-corrected chi connectivity index (χ3v) is 3.95. The predicted molar refractivity (Wildman–Crippen MR) is 55.8 cm³/mol. The number of hydrogen-bond donors (Lipinski definition) is 1. The van der Waals surface area contributed by atoms with Crippen molar-refractivity contribution >= 4 is 0 Å². The van der Waals surface area contributed by atoms with Crippen molar-refractivity contribution in [3.05, 3.63) is 0 Å². The van der Waals surface area contributed by atoms with E-state index in [2.05, 4.69) is 31.2 Å². The Balaban J connectivity index is 2.06. The Kier molecular flexibility index (Phi) is 2.61. The molecular weight excluding hydrogens is 160 g/mol. The summed E-state index contributed by atoms with van der Waals surface area (Å²) in [6.07, 6.45) is 5.58. The van der Waals surface area contributed by atoms with Gasteiger partial charge in [-0.15, -0.1) is 0 Å². The lowest BCUT2D eigenvalue weighted by Crippen LogP contribution is -2.58. The van der Waals surface area contributed by atoms with Crippen molar-refractivity contribution in [3.8, 4) is 0 Å². The van der Waals surface area contributed by atoms with Crippen LogP contribution in [0.25, 0.3) is 0 Å². The molecule has 13 heavy (non-hydrogen) atoms. The second-order valence-corrected chi connectivity index (χ2v) is 5.03. The van der Waals surface area contributed by atoms with Gasteiger partial charge in [-0.25, -0.2) is 0 Å². The van der Waals surface area contributed by atoms with E-state index >= 15 is 0 Å². The van der Waals surface area contributed by atoms with Gasteiger partial charge in [0.05, 0.1) is 0 Å². The van der Waals surface area contributed by atoms with E-state index in [1.165, 1.54) is 25.7 Å². The van der Waals surface area contributed by atoms with Crippen LogP contribution in [0.4, 0.5) is 0 Å². The fourth-order valence-electron chi connectivity index (χ4n) is 3.11. The summed E-state index contributed by atoms with van der Waals surface area (Å²) < 4.78 is 0. The van der Waals surface area contributed by atoms with Gasteiger partial charge in [0.2, 0.25) is 0 Å². The lowest BCUT2D eigenvalue weighted by Gasteiger charge is -2.47. The number of nitrogens with one attached hydrogen (secondary N) is 1. The van der Waals surface area contributed by atoms with Gasteiger partial charge < -0.3 is 10.2 Å². The summed E-state index contributed by atoms with van der Waals surface area (Å²) in [5.41, 5.74) is 0. The third kappa shape index (κ3) is 1.75. The third-order valence-electron chi connectivity index (χ3n) is 3.95. The molecule has 2 aliphatic rings. The molecule has 2 fully saturated rings. The monoisotopic (exact) mass is 182 g/mol. The fourth-order valence-corrected chi connectivity index (χ4v) is 3.11. The van der Waals surface area contributed by atoms with Crippen LogP contribution in [-0.2, 0) is 0 Å². The van der Waals surface area contributed by atoms with Gasteiger partial charge in [-0.1, -0.05) is 13.3 Å². The zero-order valence-corrected chi connectivity index (χ0v) is 9.09. The van der Waals surface area contributed by atoms with Crippen LogP contribution in [-0.4, -0.2) is 37.1 Å². The van der Waals surface area contributed by atoms with Crippen LogP contribution < -0.4 is 5.32 Å². The predicted octanol–water partition coefficient (Wildman–Crippen LogP) is 1.47. The molecule has 2 rings (SSSR count). The highest BCUT2D eigenvalue weighted by Crippen LogP contribution is 2.31.